The van der Waals surface area contributed by atoms with Gasteiger partial charge in [-0.15, -0.1) is 0 Å². The molecule has 0 spiro atoms. The summed E-state index contributed by atoms with van der Waals surface area (Å²) in [4.78, 5) is 0. The van der Waals surface area contributed by atoms with Crippen LogP contribution in [0.5, 0.6) is 11.5 Å². The molecular formula is C14H12Br2FNO. The highest BCUT2D eigenvalue weighted by Gasteiger charge is 2.09. The first kappa shape index (κ1) is 14.5. The molecule has 0 saturated heterocycles. The number of halogens is 3. The van der Waals surface area contributed by atoms with Gasteiger partial charge in [0, 0.05) is 8.95 Å². The molecule has 2 aromatic rings. The maximum Gasteiger partial charge on any atom is 0.165 e. The Labute approximate surface area is 128 Å². The van der Waals surface area contributed by atoms with Gasteiger partial charge in [0.05, 0.1) is 0 Å². The van der Waals surface area contributed by atoms with E-state index in [4.69, 9.17) is 10.5 Å². The summed E-state index contributed by atoms with van der Waals surface area (Å²) < 4.78 is 21.0. The van der Waals surface area contributed by atoms with Gasteiger partial charge in [-0.1, -0.05) is 31.9 Å². The third-order valence-corrected chi connectivity index (χ3v) is 3.54. The zero-order valence-corrected chi connectivity index (χ0v) is 13.2. The number of ether oxygens (including phenoxy) is 1. The minimum absolute atomic E-state index is 0.190. The van der Waals surface area contributed by atoms with Crippen molar-refractivity contribution in [2.24, 2.45) is 5.73 Å². The molecule has 0 atom stereocenters. The van der Waals surface area contributed by atoms with Gasteiger partial charge in [-0.25, -0.2) is 4.39 Å². The van der Waals surface area contributed by atoms with Crippen molar-refractivity contribution in [1.29, 1.82) is 0 Å². The minimum Gasteiger partial charge on any atom is -0.454 e. The van der Waals surface area contributed by atoms with E-state index < -0.39 is 5.82 Å². The molecule has 0 aliphatic carbocycles. The first-order valence-electron chi connectivity index (χ1n) is 5.71. The molecule has 0 heterocycles. The largest absolute Gasteiger partial charge is 0.454 e. The topological polar surface area (TPSA) is 35.2 Å². The second-order valence-electron chi connectivity index (χ2n) is 3.97. The van der Waals surface area contributed by atoms with Crippen LogP contribution in [0.15, 0.2) is 45.3 Å². The van der Waals surface area contributed by atoms with Crippen molar-refractivity contribution in [1.82, 2.24) is 0 Å². The summed E-state index contributed by atoms with van der Waals surface area (Å²) in [6, 6.07) is 10.2. The Balaban J connectivity index is 2.34. The van der Waals surface area contributed by atoms with E-state index in [2.05, 4.69) is 31.9 Å². The Kier molecular flexibility index (Phi) is 4.96. The van der Waals surface area contributed by atoms with Crippen LogP contribution >= 0.6 is 31.9 Å². The molecule has 0 fully saturated rings. The fourth-order valence-electron chi connectivity index (χ4n) is 1.67. The van der Waals surface area contributed by atoms with E-state index >= 15 is 0 Å². The Morgan fingerprint density at radius 2 is 1.68 bits per heavy atom. The third kappa shape index (κ3) is 3.78. The SMILES string of the molecule is NCCc1cc(Br)ccc1Oc1cc(Br)ccc1F. The normalized spacial score (nSPS) is 10.5. The number of hydrogen-bond donors (Lipinski definition) is 1. The van der Waals surface area contributed by atoms with Gasteiger partial charge in [0.2, 0.25) is 0 Å². The van der Waals surface area contributed by atoms with Crippen molar-refractivity contribution in [2.45, 2.75) is 6.42 Å². The number of nitrogens with two attached hydrogens (primary N) is 1. The number of hydrogen-bond acceptors (Lipinski definition) is 2. The smallest absolute Gasteiger partial charge is 0.165 e. The predicted octanol–water partition coefficient (Wildman–Crippen LogP) is 4.64. The van der Waals surface area contributed by atoms with Crippen molar-refractivity contribution in [3.8, 4) is 11.5 Å². The highest BCUT2D eigenvalue weighted by molar-refractivity contribution is 9.10. The standard InChI is InChI=1S/C14H12Br2FNO/c15-10-2-4-13(9(7-10)5-6-18)19-14-8-11(16)1-3-12(14)17/h1-4,7-8H,5-6,18H2. The molecule has 5 heteroatoms. The first-order chi connectivity index (χ1) is 9.10. The van der Waals surface area contributed by atoms with Crippen LogP contribution in [0.25, 0.3) is 0 Å². The van der Waals surface area contributed by atoms with Crippen LogP contribution in [-0.2, 0) is 6.42 Å². The molecule has 100 valence electrons. The maximum absolute atomic E-state index is 13.7. The summed E-state index contributed by atoms with van der Waals surface area (Å²) >= 11 is 6.70. The molecule has 0 aromatic heterocycles. The molecule has 0 radical (unpaired) electrons. The Morgan fingerprint density at radius 3 is 2.42 bits per heavy atom. The van der Waals surface area contributed by atoms with Crippen molar-refractivity contribution in [3.05, 3.63) is 56.7 Å². The van der Waals surface area contributed by atoms with Crippen molar-refractivity contribution < 1.29 is 9.13 Å². The fourth-order valence-corrected chi connectivity index (χ4v) is 2.42. The zero-order valence-electron chi connectivity index (χ0n) is 10.00. The van der Waals surface area contributed by atoms with Crippen molar-refractivity contribution in [2.75, 3.05) is 6.54 Å². The minimum atomic E-state index is -0.398. The van der Waals surface area contributed by atoms with Gasteiger partial charge < -0.3 is 10.5 Å². The predicted molar refractivity (Wildman–Crippen MR) is 81.1 cm³/mol. The summed E-state index contributed by atoms with van der Waals surface area (Å²) in [5, 5.41) is 0. The highest BCUT2D eigenvalue weighted by Crippen LogP contribution is 2.31. The molecule has 0 saturated carbocycles. The van der Waals surface area contributed by atoms with Gasteiger partial charge >= 0.3 is 0 Å². The molecule has 0 aliphatic rings. The van der Waals surface area contributed by atoms with E-state index in [1.165, 1.54) is 6.07 Å². The van der Waals surface area contributed by atoms with Gasteiger partial charge in [-0.3, -0.25) is 0 Å². The summed E-state index contributed by atoms with van der Waals surface area (Å²) in [5.74, 6) is 0.408. The molecule has 0 bridgehead atoms. The first-order valence-corrected chi connectivity index (χ1v) is 7.30. The lowest BCUT2D eigenvalue weighted by molar-refractivity contribution is 0.437. The lowest BCUT2D eigenvalue weighted by Gasteiger charge is -2.12. The van der Waals surface area contributed by atoms with Crippen LogP contribution < -0.4 is 10.5 Å². The molecule has 2 nitrogen and oxygen atoms in total. The number of benzene rings is 2. The molecule has 0 aliphatic heterocycles. The van der Waals surface area contributed by atoms with E-state index in [1.807, 2.05) is 12.1 Å². The molecule has 0 amide bonds. The van der Waals surface area contributed by atoms with Crippen LogP contribution in [0.3, 0.4) is 0 Å². The average molecular weight is 389 g/mol. The summed E-state index contributed by atoms with van der Waals surface area (Å²) in [7, 11) is 0. The zero-order chi connectivity index (χ0) is 13.8. The molecule has 19 heavy (non-hydrogen) atoms. The monoisotopic (exact) mass is 387 g/mol. The molecule has 2 N–H and O–H groups in total. The Bertz CT molecular complexity index is 590. The van der Waals surface area contributed by atoms with Crippen LogP contribution in [-0.4, -0.2) is 6.54 Å². The highest BCUT2D eigenvalue weighted by atomic mass is 79.9. The van der Waals surface area contributed by atoms with Crippen molar-refractivity contribution in [3.63, 3.8) is 0 Å². The van der Waals surface area contributed by atoms with Gasteiger partial charge in [-0.05, 0) is 54.9 Å². The van der Waals surface area contributed by atoms with Gasteiger partial charge in [-0.2, -0.15) is 0 Å². The van der Waals surface area contributed by atoms with E-state index in [0.717, 1.165) is 14.5 Å². The molecule has 0 unspecified atom stereocenters. The van der Waals surface area contributed by atoms with Gasteiger partial charge in [0.25, 0.3) is 0 Å². The average Bonchev–Trinajstić information content (AvgIpc) is 2.37. The van der Waals surface area contributed by atoms with Gasteiger partial charge in [0.1, 0.15) is 5.75 Å². The third-order valence-electron chi connectivity index (χ3n) is 2.55. The maximum atomic E-state index is 13.7. The summed E-state index contributed by atoms with van der Waals surface area (Å²) in [6.07, 6.45) is 0.671. The summed E-state index contributed by atoms with van der Waals surface area (Å²) in [5.41, 5.74) is 6.52. The van der Waals surface area contributed by atoms with Crippen molar-refractivity contribution >= 4 is 31.9 Å². The van der Waals surface area contributed by atoms with E-state index in [0.29, 0.717) is 18.7 Å². The lowest BCUT2D eigenvalue weighted by atomic mass is 10.1. The second-order valence-corrected chi connectivity index (χ2v) is 5.80. The van der Waals surface area contributed by atoms with E-state index in [9.17, 15) is 4.39 Å². The Hall–Kier alpha value is -0.910. The van der Waals surface area contributed by atoms with Crippen LogP contribution in [0, 0.1) is 5.82 Å². The van der Waals surface area contributed by atoms with Crippen LogP contribution in [0.1, 0.15) is 5.56 Å². The second kappa shape index (κ2) is 6.50. The van der Waals surface area contributed by atoms with Crippen LogP contribution in [0.4, 0.5) is 4.39 Å². The van der Waals surface area contributed by atoms with E-state index in [1.54, 1.807) is 18.2 Å². The quantitative estimate of drug-likeness (QED) is 0.827. The number of rotatable bonds is 4. The molecular weight excluding hydrogens is 377 g/mol. The summed E-state index contributed by atoms with van der Waals surface area (Å²) in [6.45, 7) is 0.508. The fraction of sp³-hybridized carbons (Fsp3) is 0.143. The Morgan fingerprint density at radius 1 is 1.00 bits per heavy atom. The molecule has 2 rings (SSSR count). The molecule has 2 aromatic carbocycles. The van der Waals surface area contributed by atoms with Gasteiger partial charge in [0.15, 0.2) is 11.6 Å². The lowest BCUT2D eigenvalue weighted by Crippen LogP contribution is -2.04. The van der Waals surface area contributed by atoms with Crippen LogP contribution in [0.2, 0.25) is 0 Å². The van der Waals surface area contributed by atoms with E-state index in [-0.39, 0.29) is 5.75 Å².